The largest absolute Gasteiger partial charge is 0.494 e. The smallest absolute Gasteiger partial charge is 0.244 e. The van der Waals surface area contributed by atoms with E-state index in [1.54, 1.807) is 6.07 Å². The summed E-state index contributed by atoms with van der Waals surface area (Å²) in [5.41, 5.74) is 6.51. The quantitative estimate of drug-likeness (QED) is 0.563. The minimum absolute atomic E-state index is 0.0144. The van der Waals surface area contributed by atoms with Crippen molar-refractivity contribution < 1.29 is 23.2 Å². The Balaban J connectivity index is 1.64. The molecule has 0 saturated carbocycles. The molecule has 1 atom stereocenters. The lowest BCUT2D eigenvalue weighted by atomic mass is 10.0. The molecule has 0 aliphatic rings. The van der Waals surface area contributed by atoms with Gasteiger partial charge in [-0.2, -0.15) is 4.98 Å². The molecule has 0 aliphatic carbocycles. The normalized spacial score (nSPS) is 11.7. The van der Waals surface area contributed by atoms with E-state index in [-0.39, 0.29) is 24.6 Å². The van der Waals surface area contributed by atoms with Gasteiger partial charge in [0.15, 0.2) is 0 Å². The second-order valence-corrected chi connectivity index (χ2v) is 6.83. The first-order chi connectivity index (χ1) is 14.9. The number of primary amides is 1. The number of benzene rings is 2. The van der Waals surface area contributed by atoms with E-state index in [0.717, 1.165) is 11.3 Å². The number of aryl methyl sites for hydroxylation is 1. The van der Waals surface area contributed by atoms with Gasteiger partial charge in [0.2, 0.25) is 23.5 Å². The van der Waals surface area contributed by atoms with Crippen LogP contribution < -0.4 is 10.5 Å². The maximum Gasteiger partial charge on any atom is 0.244 e. The molecule has 2 N–H and O–H groups in total. The molecule has 3 rings (SSSR count). The van der Waals surface area contributed by atoms with Crippen LogP contribution in [0.2, 0.25) is 0 Å². The van der Waals surface area contributed by atoms with Crippen molar-refractivity contribution >= 4 is 11.8 Å². The average molecular weight is 426 g/mol. The first kappa shape index (κ1) is 21.9. The molecule has 0 saturated heterocycles. The number of ether oxygens (including phenoxy) is 1. The van der Waals surface area contributed by atoms with Crippen molar-refractivity contribution in [3.8, 4) is 17.1 Å². The molecular formula is C22H23FN4O4. The molecule has 0 fully saturated rings. The van der Waals surface area contributed by atoms with E-state index in [1.807, 2.05) is 31.2 Å². The highest BCUT2D eigenvalue weighted by atomic mass is 19.1. The van der Waals surface area contributed by atoms with Crippen LogP contribution >= 0.6 is 0 Å². The molecule has 1 aromatic heterocycles. The zero-order valence-corrected chi connectivity index (χ0v) is 17.2. The summed E-state index contributed by atoms with van der Waals surface area (Å²) in [5.74, 6) is -0.213. The van der Waals surface area contributed by atoms with Gasteiger partial charge < -0.3 is 19.9 Å². The van der Waals surface area contributed by atoms with Crippen molar-refractivity contribution in [2.45, 2.75) is 25.8 Å². The number of nitrogens with zero attached hydrogens (tertiary/aromatic N) is 3. The summed E-state index contributed by atoms with van der Waals surface area (Å²) in [6.07, 6.45) is 0.197. The van der Waals surface area contributed by atoms with Gasteiger partial charge in [0.25, 0.3) is 0 Å². The zero-order valence-electron chi connectivity index (χ0n) is 17.2. The lowest BCUT2D eigenvalue weighted by Gasteiger charge is -2.26. The van der Waals surface area contributed by atoms with Crippen LogP contribution in [0.1, 0.15) is 30.8 Å². The van der Waals surface area contributed by atoms with Crippen molar-refractivity contribution in [1.82, 2.24) is 15.0 Å². The zero-order chi connectivity index (χ0) is 22.4. The summed E-state index contributed by atoms with van der Waals surface area (Å²) in [6.45, 7) is 2.48. The number of carbonyl (C=O) groups excluding carboxylic acids is 2. The van der Waals surface area contributed by atoms with Gasteiger partial charge in [-0.25, -0.2) is 4.39 Å². The molecule has 3 aromatic rings. The van der Waals surface area contributed by atoms with Crippen LogP contribution in [-0.4, -0.2) is 40.5 Å². The van der Waals surface area contributed by atoms with E-state index >= 15 is 0 Å². The topological polar surface area (TPSA) is 112 Å². The summed E-state index contributed by atoms with van der Waals surface area (Å²) in [5, 5.41) is 3.94. The van der Waals surface area contributed by atoms with Gasteiger partial charge in [0.05, 0.1) is 6.61 Å². The maximum atomic E-state index is 13.5. The molecule has 162 valence electrons. The molecule has 0 bridgehead atoms. The van der Waals surface area contributed by atoms with Crippen LogP contribution in [-0.2, 0) is 16.0 Å². The Morgan fingerprint density at radius 2 is 1.97 bits per heavy atom. The first-order valence-corrected chi connectivity index (χ1v) is 9.75. The standard InChI is InChI=1S/C22H23FN4O4/c1-3-30-17-9-7-14(8-10-17)22-25-18(31-26-22)11-12-19(28)27(2)20(21(24)29)15-5-4-6-16(23)13-15/h4-10,13,20H,3,11-12H2,1-2H3,(H2,24,29). The van der Waals surface area contributed by atoms with Gasteiger partial charge in [-0.1, -0.05) is 17.3 Å². The third-order valence-electron chi connectivity index (χ3n) is 4.66. The summed E-state index contributed by atoms with van der Waals surface area (Å²) >= 11 is 0. The number of hydrogen-bond acceptors (Lipinski definition) is 6. The molecule has 0 aliphatic heterocycles. The molecule has 1 unspecified atom stereocenters. The Morgan fingerprint density at radius 3 is 2.61 bits per heavy atom. The Bertz CT molecular complexity index is 1050. The molecule has 2 aromatic carbocycles. The molecule has 31 heavy (non-hydrogen) atoms. The molecular weight excluding hydrogens is 403 g/mol. The second kappa shape index (κ2) is 9.84. The molecule has 0 radical (unpaired) electrons. The van der Waals surface area contributed by atoms with Gasteiger partial charge in [-0.15, -0.1) is 0 Å². The van der Waals surface area contributed by atoms with E-state index in [1.165, 1.54) is 30.1 Å². The van der Waals surface area contributed by atoms with Crippen molar-refractivity contribution in [3.05, 3.63) is 65.8 Å². The van der Waals surface area contributed by atoms with Gasteiger partial charge in [-0.3, -0.25) is 9.59 Å². The third-order valence-corrected chi connectivity index (χ3v) is 4.66. The monoisotopic (exact) mass is 426 g/mol. The van der Waals surface area contributed by atoms with Crippen LogP contribution in [0.3, 0.4) is 0 Å². The van der Waals surface area contributed by atoms with Crippen LogP contribution in [0, 0.1) is 5.82 Å². The average Bonchev–Trinajstić information content (AvgIpc) is 3.22. The minimum atomic E-state index is -1.08. The number of hydrogen-bond donors (Lipinski definition) is 1. The number of rotatable bonds is 9. The molecule has 8 nitrogen and oxygen atoms in total. The minimum Gasteiger partial charge on any atom is -0.494 e. The van der Waals surface area contributed by atoms with E-state index in [4.69, 9.17) is 15.0 Å². The third kappa shape index (κ3) is 5.44. The highest BCUT2D eigenvalue weighted by molar-refractivity contribution is 5.87. The Morgan fingerprint density at radius 1 is 1.23 bits per heavy atom. The fraction of sp³-hybridized carbons (Fsp3) is 0.273. The summed E-state index contributed by atoms with van der Waals surface area (Å²) in [6, 6.07) is 11.6. The maximum absolute atomic E-state index is 13.5. The fourth-order valence-corrected chi connectivity index (χ4v) is 3.13. The van der Waals surface area contributed by atoms with Crippen LogP contribution in [0.4, 0.5) is 4.39 Å². The van der Waals surface area contributed by atoms with Crippen LogP contribution in [0.25, 0.3) is 11.4 Å². The second-order valence-electron chi connectivity index (χ2n) is 6.83. The Labute approximate surface area is 178 Å². The number of aromatic nitrogens is 2. The number of carbonyl (C=O) groups is 2. The number of likely N-dealkylation sites (N-methyl/N-ethyl adjacent to an activating group) is 1. The molecule has 9 heteroatoms. The predicted octanol–water partition coefficient (Wildman–Crippen LogP) is 2.89. The van der Waals surface area contributed by atoms with Crippen LogP contribution in [0.5, 0.6) is 5.75 Å². The van der Waals surface area contributed by atoms with Gasteiger partial charge >= 0.3 is 0 Å². The summed E-state index contributed by atoms with van der Waals surface area (Å²) < 4.78 is 24.2. The van der Waals surface area contributed by atoms with Crippen LogP contribution in [0.15, 0.2) is 53.1 Å². The van der Waals surface area contributed by atoms with E-state index in [2.05, 4.69) is 10.1 Å². The van der Waals surface area contributed by atoms with E-state index in [0.29, 0.717) is 18.0 Å². The van der Waals surface area contributed by atoms with Crippen molar-refractivity contribution in [3.63, 3.8) is 0 Å². The lowest BCUT2D eigenvalue weighted by Crippen LogP contribution is -2.39. The van der Waals surface area contributed by atoms with Crippen molar-refractivity contribution in [2.24, 2.45) is 5.73 Å². The first-order valence-electron chi connectivity index (χ1n) is 9.75. The van der Waals surface area contributed by atoms with Crippen molar-refractivity contribution in [1.29, 1.82) is 0 Å². The Kier molecular flexibility index (Phi) is 6.96. The summed E-state index contributed by atoms with van der Waals surface area (Å²) in [7, 11) is 1.45. The fourth-order valence-electron chi connectivity index (χ4n) is 3.13. The molecule has 1 heterocycles. The predicted molar refractivity (Wildman–Crippen MR) is 110 cm³/mol. The molecule has 0 spiro atoms. The number of halogens is 1. The molecule has 2 amide bonds. The highest BCUT2D eigenvalue weighted by Gasteiger charge is 2.27. The van der Waals surface area contributed by atoms with Crippen molar-refractivity contribution in [2.75, 3.05) is 13.7 Å². The lowest BCUT2D eigenvalue weighted by molar-refractivity contribution is -0.138. The van der Waals surface area contributed by atoms with Gasteiger partial charge in [-0.05, 0) is 48.9 Å². The van der Waals surface area contributed by atoms with E-state index in [9.17, 15) is 14.0 Å². The van der Waals surface area contributed by atoms with Gasteiger partial charge in [0.1, 0.15) is 17.6 Å². The number of nitrogens with two attached hydrogens (primary N) is 1. The highest BCUT2D eigenvalue weighted by Crippen LogP contribution is 2.22. The Hall–Kier alpha value is -3.75. The SMILES string of the molecule is CCOc1ccc(-c2noc(CCC(=O)N(C)C(C(N)=O)c3cccc(F)c3)n2)cc1. The number of amides is 2. The summed E-state index contributed by atoms with van der Waals surface area (Å²) in [4.78, 5) is 30.0. The van der Waals surface area contributed by atoms with E-state index < -0.39 is 17.8 Å². The van der Waals surface area contributed by atoms with Gasteiger partial charge in [0, 0.05) is 25.5 Å².